The average Bonchev–Trinajstić information content (AvgIpc) is 2.29. The summed E-state index contributed by atoms with van der Waals surface area (Å²) in [7, 11) is 1.46. The smallest absolute Gasteiger partial charge is 0.308 e. The van der Waals surface area contributed by atoms with E-state index >= 15 is 0 Å². The van der Waals surface area contributed by atoms with Gasteiger partial charge in [-0.25, -0.2) is 0 Å². The molecule has 0 bridgehead atoms. The lowest BCUT2D eigenvalue weighted by Crippen LogP contribution is -2.38. The highest BCUT2D eigenvalue weighted by atomic mass is 32.2. The number of methoxy groups -OCH3 is 1. The van der Waals surface area contributed by atoms with E-state index < -0.39 is 0 Å². The van der Waals surface area contributed by atoms with Gasteiger partial charge in [0.15, 0.2) is 0 Å². The molecule has 1 aliphatic heterocycles. The lowest BCUT2D eigenvalue weighted by atomic mass is 9.97. The van der Waals surface area contributed by atoms with Crippen molar-refractivity contribution in [1.82, 2.24) is 4.90 Å². The third-order valence-electron chi connectivity index (χ3n) is 2.73. The monoisotopic (exact) mass is 233 g/mol. The number of hydrogen-bond donors (Lipinski definition) is 0. The first kappa shape index (κ1) is 12.8. The fraction of sp³-hybridized carbons (Fsp3) is 0.900. The molecule has 0 aromatic rings. The molecule has 0 aromatic heterocycles. The molecule has 15 heavy (non-hydrogen) atoms. The Balaban J connectivity index is 2.15. The fourth-order valence-corrected chi connectivity index (χ4v) is 2.05. The predicted octanol–water partition coefficient (Wildman–Crippen LogP) is 1.17. The van der Waals surface area contributed by atoms with Crippen molar-refractivity contribution in [3.63, 3.8) is 0 Å². The van der Waals surface area contributed by atoms with Crippen molar-refractivity contribution in [3.8, 4) is 0 Å². The Morgan fingerprint density at radius 1 is 1.47 bits per heavy atom. The van der Waals surface area contributed by atoms with Crippen molar-refractivity contribution >= 4 is 18.0 Å². The van der Waals surface area contributed by atoms with Crippen LogP contribution in [0.2, 0.25) is 0 Å². The van der Waals surface area contributed by atoms with Crippen molar-refractivity contribution in [2.24, 2.45) is 5.92 Å². The Morgan fingerprint density at radius 2 is 2.13 bits per heavy atom. The summed E-state index contributed by atoms with van der Waals surface area (Å²) < 4.78 is 9.95. The molecule has 0 amide bonds. The topological polar surface area (TPSA) is 38.8 Å². The first-order valence-electron chi connectivity index (χ1n) is 5.23. The second-order valence-corrected chi connectivity index (χ2v) is 4.20. The van der Waals surface area contributed by atoms with E-state index in [1.54, 1.807) is 0 Å². The summed E-state index contributed by atoms with van der Waals surface area (Å²) >= 11 is 1.40. The van der Waals surface area contributed by atoms with Gasteiger partial charge in [-0.1, -0.05) is 0 Å². The molecular weight excluding hydrogens is 214 g/mol. The zero-order valence-corrected chi connectivity index (χ0v) is 10.2. The number of nitrogens with zero attached hydrogens (tertiary/aromatic N) is 1. The van der Waals surface area contributed by atoms with E-state index in [4.69, 9.17) is 8.92 Å². The van der Waals surface area contributed by atoms with Crippen LogP contribution in [0, 0.1) is 5.92 Å². The van der Waals surface area contributed by atoms with E-state index in [9.17, 15) is 4.79 Å². The van der Waals surface area contributed by atoms with Gasteiger partial charge in [-0.3, -0.25) is 4.79 Å². The van der Waals surface area contributed by atoms with Crippen LogP contribution in [0.15, 0.2) is 0 Å². The van der Waals surface area contributed by atoms with Crippen LogP contribution in [-0.2, 0) is 13.7 Å². The van der Waals surface area contributed by atoms with Crippen molar-refractivity contribution in [2.45, 2.75) is 12.8 Å². The molecule has 1 saturated heterocycles. The zero-order chi connectivity index (χ0) is 11.1. The van der Waals surface area contributed by atoms with Gasteiger partial charge in [0.2, 0.25) is 0 Å². The number of carbonyl (C=O) groups is 1. The van der Waals surface area contributed by atoms with E-state index in [1.807, 2.05) is 6.26 Å². The maximum Gasteiger partial charge on any atom is 0.308 e. The third kappa shape index (κ3) is 4.40. The maximum absolute atomic E-state index is 11.3. The van der Waals surface area contributed by atoms with Crippen LogP contribution in [-0.4, -0.2) is 50.5 Å². The van der Waals surface area contributed by atoms with Gasteiger partial charge in [0.1, 0.15) is 0 Å². The molecule has 5 heteroatoms. The van der Waals surface area contributed by atoms with Crippen molar-refractivity contribution in [3.05, 3.63) is 0 Å². The van der Waals surface area contributed by atoms with Gasteiger partial charge in [0.05, 0.1) is 19.6 Å². The number of hydrogen-bond acceptors (Lipinski definition) is 5. The summed E-state index contributed by atoms with van der Waals surface area (Å²) in [4.78, 5) is 13.6. The van der Waals surface area contributed by atoms with Crippen molar-refractivity contribution < 1.29 is 13.7 Å². The molecule has 1 aliphatic rings. The predicted molar refractivity (Wildman–Crippen MR) is 60.6 cm³/mol. The van der Waals surface area contributed by atoms with Crippen LogP contribution in [0.4, 0.5) is 0 Å². The molecule has 0 saturated carbocycles. The Kier molecular flexibility index (Phi) is 6.05. The molecule has 88 valence electrons. The van der Waals surface area contributed by atoms with Gasteiger partial charge in [-0.15, -0.1) is 0 Å². The molecular formula is C10H19NO3S. The molecule has 0 spiro atoms. The van der Waals surface area contributed by atoms with Crippen LogP contribution >= 0.6 is 12.0 Å². The third-order valence-corrected chi connectivity index (χ3v) is 3.13. The van der Waals surface area contributed by atoms with E-state index in [0.29, 0.717) is 0 Å². The maximum atomic E-state index is 11.3. The number of ether oxygens (including phenoxy) is 1. The number of esters is 1. The minimum Gasteiger partial charge on any atom is -0.469 e. The Morgan fingerprint density at radius 3 is 2.67 bits per heavy atom. The largest absolute Gasteiger partial charge is 0.469 e. The highest BCUT2D eigenvalue weighted by molar-refractivity contribution is 7.93. The Hall–Kier alpha value is -0.260. The van der Waals surface area contributed by atoms with Crippen molar-refractivity contribution in [1.29, 1.82) is 0 Å². The molecule has 0 unspecified atom stereocenters. The summed E-state index contributed by atoms with van der Waals surface area (Å²) in [5.41, 5.74) is 0. The molecule has 0 aliphatic carbocycles. The van der Waals surface area contributed by atoms with Crippen LogP contribution < -0.4 is 0 Å². The second kappa shape index (κ2) is 7.09. The summed E-state index contributed by atoms with van der Waals surface area (Å²) in [5, 5.41) is 0. The lowest BCUT2D eigenvalue weighted by Gasteiger charge is -2.30. The van der Waals surface area contributed by atoms with Gasteiger partial charge in [0.25, 0.3) is 0 Å². The van der Waals surface area contributed by atoms with Crippen molar-refractivity contribution in [2.75, 3.05) is 39.6 Å². The molecule has 1 rings (SSSR count). The second-order valence-electron chi connectivity index (χ2n) is 3.63. The van der Waals surface area contributed by atoms with Crippen LogP contribution in [0.1, 0.15) is 12.8 Å². The van der Waals surface area contributed by atoms with Gasteiger partial charge < -0.3 is 13.8 Å². The Labute approximate surface area is 95.5 Å². The summed E-state index contributed by atoms with van der Waals surface area (Å²) in [6.07, 6.45) is 3.74. The first-order valence-corrected chi connectivity index (χ1v) is 6.38. The van der Waals surface area contributed by atoms with Gasteiger partial charge in [-0.2, -0.15) is 0 Å². The van der Waals surface area contributed by atoms with Crippen LogP contribution in [0.25, 0.3) is 0 Å². The number of likely N-dealkylation sites (tertiary alicyclic amines) is 1. The molecule has 1 heterocycles. The number of carbonyl (C=O) groups excluding carboxylic acids is 1. The summed E-state index contributed by atoms with van der Waals surface area (Å²) in [6.45, 7) is 3.65. The van der Waals surface area contributed by atoms with Crippen LogP contribution in [0.5, 0.6) is 0 Å². The standard InChI is InChI=1S/C10H19NO3S/c1-13-10(12)9-3-5-11(6-4-9)7-8-14-15-2/h9H,3-8H2,1-2H3. The molecule has 0 radical (unpaired) electrons. The molecule has 0 aromatic carbocycles. The Bertz CT molecular complexity index is 193. The van der Waals surface area contributed by atoms with Gasteiger partial charge in [-0.05, 0) is 38.0 Å². The normalized spacial score (nSPS) is 19.1. The van der Waals surface area contributed by atoms with E-state index in [-0.39, 0.29) is 11.9 Å². The van der Waals surface area contributed by atoms with Crippen LogP contribution in [0.3, 0.4) is 0 Å². The van der Waals surface area contributed by atoms with E-state index in [0.717, 1.165) is 39.1 Å². The highest BCUT2D eigenvalue weighted by Gasteiger charge is 2.25. The van der Waals surface area contributed by atoms with E-state index in [2.05, 4.69) is 4.90 Å². The van der Waals surface area contributed by atoms with E-state index in [1.165, 1.54) is 19.2 Å². The SMILES string of the molecule is COC(=O)C1CCN(CCOSC)CC1. The molecule has 4 nitrogen and oxygen atoms in total. The quantitative estimate of drug-likeness (QED) is 0.405. The molecule has 0 atom stereocenters. The lowest BCUT2D eigenvalue weighted by molar-refractivity contribution is -0.147. The minimum atomic E-state index is -0.0602. The zero-order valence-electron chi connectivity index (χ0n) is 9.40. The van der Waals surface area contributed by atoms with Gasteiger partial charge >= 0.3 is 5.97 Å². The average molecular weight is 233 g/mol. The summed E-state index contributed by atoms with van der Waals surface area (Å²) in [5.74, 6) is 0.0442. The molecule has 0 N–H and O–H groups in total. The highest BCUT2D eigenvalue weighted by Crippen LogP contribution is 2.18. The fourth-order valence-electron chi connectivity index (χ4n) is 1.81. The van der Waals surface area contributed by atoms with Gasteiger partial charge in [0, 0.05) is 12.8 Å². The first-order chi connectivity index (χ1) is 7.27. The minimum absolute atomic E-state index is 0.0602. The summed E-state index contributed by atoms with van der Waals surface area (Å²) in [6, 6.07) is 0. The molecule has 1 fully saturated rings. The number of rotatable bonds is 5. The number of piperidine rings is 1.